The van der Waals surface area contributed by atoms with Crippen molar-refractivity contribution in [2.24, 2.45) is 5.73 Å². The molecule has 1 saturated carbocycles. The van der Waals surface area contributed by atoms with Crippen molar-refractivity contribution in [3.63, 3.8) is 0 Å². The third-order valence-corrected chi connectivity index (χ3v) is 3.64. The van der Waals surface area contributed by atoms with Crippen LogP contribution in [0.25, 0.3) is 0 Å². The van der Waals surface area contributed by atoms with Crippen LogP contribution >= 0.6 is 0 Å². The predicted octanol–water partition coefficient (Wildman–Crippen LogP) is 1.50. The van der Waals surface area contributed by atoms with Crippen molar-refractivity contribution < 1.29 is 14.3 Å². The Labute approximate surface area is 109 Å². The van der Waals surface area contributed by atoms with Crippen LogP contribution in [-0.4, -0.2) is 47.9 Å². The van der Waals surface area contributed by atoms with E-state index in [1.165, 1.54) is 0 Å². The minimum Gasteiger partial charge on any atom is -0.444 e. The van der Waals surface area contributed by atoms with E-state index < -0.39 is 5.60 Å². The SMILES string of the molecule is CC(C)(C)OC(=O)N1CCOCCC12CC(N)C2. The number of rotatable bonds is 0. The molecular formula is C13H24N2O3. The second kappa shape index (κ2) is 4.70. The van der Waals surface area contributed by atoms with Crippen molar-refractivity contribution in [3.8, 4) is 0 Å². The Bertz CT molecular complexity index is 319. The molecule has 2 rings (SSSR count). The first kappa shape index (κ1) is 13.6. The molecule has 5 heteroatoms. The quantitative estimate of drug-likeness (QED) is 0.713. The van der Waals surface area contributed by atoms with Crippen LogP contribution in [0.15, 0.2) is 0 Å². The molecule has 18 heavy (non-hydrogen) atoms. The normalized spacial score (nSPS) is 32.9. The fraction of sp³-hybridized carbons (Fsp3) is 0.923. The molecule has 1 saturated heterocycles. The van der Waals surface area contributed by atoms with Gasteiger partial charge in [0.05, 0.1) is 12.1 Å². The van der Waals surface area contributed by atoms with Gasteiger partial charge in [-0.25, -0.2) is 4.79 Å². The van der Waals surface area contributed by atoms with Crippen LogP contribution in [0.3, 0.4) is 0 Å². The van der Waals surface area contributed by atoms with Gasteiger partial charge in [0.25, 0.3) is 0 Å². The summed E-state index contributed by atoms with van der Waals surface area (Å²) >= 11 is 0. The van der Waals surface area contributed by atoms with E-state index in [0.29, 0.717) is 19.8 Å². The van der Waals surface area contributed by atoms with Gasteiger partial charge in [-0.1, -0.05) is 0 Å². The maximum atomic E-state index is 12.3. The minimum atomic E-state index is -0.461. The molecule has 0 aromatic carbocycles. The summed E-state index contributed by atoms with van der Waals surface area (Å²) in [6.45, 7) is 7.54. The lowest BCUT2D eigenvalue weighted by atomic mass is 9.70. The second-order valence-corrected chi connectivity index (χ2v) is 6.39. The molecule has 2 aliphatic rings. The molecule has 0 aromatic rings. The van der Waals surface area contributed by atoms with Gasteiger partial charge in [-0.2, -0.15) is 0 Å². The second-order valence-electron chi connectivity index (χ2n) is 6.39. The Morgan fingerprint density at radius 3 is 2.61 bits per heavy atom. The Hall–Kier alpha value is -0.810. The molecule has 2 fully saturated rings. The molecule has 1 amide bonds. The van der Waals surface area contributed by atoms with E-state index in [-0.39, 0.29) is 17.7 Å². The van der Waals surface area contributed by atoms with Crippen molar-refractivity contribution >= 4 is 6.09 Å². The van der Waals surface area contributed by atoms with Crippen molar-refractivity contribution in [1.82, 2.24) is 4.90 Å². The number of ether oxygens (including phenoxy) is 2. The van der Waals surface area contributed by atoms with Gasteiger partial charge < -0.3 is 20.1 Å². The zero-order chi connectivity index (χ0) is 13.4. The Kier molecular flexibility index (Phi) is 3.56. The minimum absolute atomic E-state index is 0.127. The highest BCUT2D eigenvalue weighted by Gasteiger charge is 2.50. The summed E-state index contributed by atoms with van der Waals surface area (Å²) in [6, 6.07) is 0.202. The third-order valence-electron chi connectivity index (χ3n) is 3.64. The summed E-state index contributed by atoms with van der Waals surface area (Å²) in [4.78, 5) is 14.1. The highest BCUT2D eigenvalue weighted by molar-refractivity contribution is 5.69. The Balaban J connectivity index is 2.09. The van der Waals surface area contributed by atoms with Crippen LogP contribution in [0.5, 0.6) is 0 Å². The van der Waals surface area contributed by atoms with Crippen molar-refractivity contribution in [2.45, 2.75) is 57.2 Å². The molecule has 0 unspecified atom stereocenters. The van der Waals surface area contributed by atoms with Gasteiger partial charge in [-0.15, -0.1) is 0 Å². The summed E-state index contributed by atoms with van der Waals surface area (Å²) < 4.78 is 11.0. The molecule has 1 heterocycles. The first-order valence-corrected chi connectivity index (χ1v) is 6.66. The first-order chi connectivity index (χ1) is 8.32. The summed E-state index contributed by atoms with van der Waals surface area (Å²) in [5.41, 5.74) is 5.32. The van der Waals surface area contributed by atoms with E-state index >= 15 is 0 Å². The van der Waals surface area contributed by atoms with E-state index in [1.54, 1.807) is 0 Å². The molecule has 1 spiro atoms. The van der Waals surface area contributed by atoms with Gasteiger partial charge in [-0.05, 0) is 40.0 Å². The summed E-state index contributed by atoms with van der Waals surface area (Å²) in [7, 11) is 0. The van der Waals surface area contributed by atoms with Crippen LogP contribution < -0.4 is 5.73 Å². The van der Waals surface area contributed by atoms with Gasteiger partial charge in [0.1, 0.15) is 5.60 Å². The van der Waals surface area contributed by atoms with Crippen LogP contribution in [0.4, 0.5) is 4.79 Å². The molecule has 1 aliphatic heterocycles. The van der Waals surface area contributed by atoms with Gasteiger partial charge >= 0.3 is 6.09 Å². The lowest BCUT2D eigenvalue weighted by Crippen LogP contribution is -2.64. The van der Waals surface area contributed by atoms with Gasteiger partial charge in [0.15, 0.2) is 0 Å². The predicted molar refractivity (Wildman–Crippen MR) is 68.3 cm³/mol. The molecule has 5 nitrogen and oxygen atoms in total. The first-order valence-electron chi connectivity index (χ1n) is 6.66. The Morgan fingerprint density at radius 2 is 2.06 bits per heavy atom. The maximum Gasteiger partial charge on any atom is 0.410 e. The molecule has 0 atom stereocenters. The van der Waals surface area contributed by atoms with E-state index in [1.807, 2.05) is 25.7 Å². The molecular weight excluding hydrogens is 232 g/mol. The highest BCUT2D eigenvalue weighted by atomic mass is 16.6. The van der Waals surface area contributed by atoms with Crippen molar-refractivity contribution in [3.05, 3.63) is 0 Å². The zero-order valence-corrected chi connectivity index (χ0v) is 11.6. The number of nitrogens with zero attached hydrogens (tertiary/aromatic N) is 1. The summed E-state index contributed by atoms with van der Waals surface area (Å²) in [6.07, 6.45) is 2.34. The van der Waals surface area contributed by atoms with Crippen LogP contribution in [0.2, 0.25) is 0 Å². The van der Waals surface area contributed by atoms with E-state index in [4.69, 9.17) is 15.2 Å². The molecule has 104 valence electrons. The molecule has 1 aliphatic carbocycles. The maximum absolute atomic E-state index is 12.3. The van der Waals surface area contributed by atoms with Gasteiger partial charge in [-0.3, -0.25) is 0 Å². The van der Waals surface area contributed by atoms with Crippen LogP contribution in [-0.2, 0) is 9.47 Å². The average Bonchev–Trinajstić information content (AvgIpc) is 2.37. The van der Waals surface area contributed by atoms with Crippen molar-refractivity contribution in [2.75, 3.05) is 19.8 Å². The molecule has 0 radical (unpaired) electrons. The number of amides is 1. The van der Waals surface area contributed by atoms with Gasteiger partial charge in [0, 0.05) is 19.2 Å². The number of hydrogen-bond donors (Lipinski definition) is 1. The third kappa shape index (κ3) is 2.78. The monoisotopic (exact) mass is 256 g/mol. The smallest absolute Gasteiger partial charge is 0.410 e. The molecule has 2 N–H and O–H groups in total. The molecule has 0 bridgehead atoms. The van der Waals surface area contributed by atoms with Gasteiger partial charge in [0.2, 0.25) is 0 Å². The van der Waals surface area contributed by atoms with Crippen LogP contribution in [0, 0.1) is 0 Å². The van der Waals surface area contributed by atoms with E-state index in [0.717, 1.165) is 19.3 Å². The number of carbonyl (C=O) groups is 1. The standard InChI is InChI=1S/C13H24N2O3/c1-12(2,3)18-11(16)15-5-7-17-6-4-13(15)8-10(14)9-13/h10H,4-9,14H2,1-3H3. The summed E-state index contributed by atoms with van der Waals surface area (Å²) in [5, 5.41) is 0. The fourth-order valence-corrected chi connectivity index (χ4v) is 2.83. The number of nitrogens with two attached hydrogens (primary N) is 1. The van der Waals surface area contributed by atoms with Crippen molar-refractivity contribution in [1.29, 1.82) is 0 Å². The highest BCUT2D eigenvalue weighted by Crippen LogP contribution is 2.41. The zero-order valence-electron chi connectivity index (χ0n) is 11.6. The Morgan fingerprint density at radius 1 is 1.39 bits per heavy atom. The number of carbonyl (C=O) groups excluding carboxylic acids is 1. The topological polar surface area (TPSA) is 64.8 Å². The summed E-state index contributed by atoms with van der Waals surface area (Å²) in [5.74, 6) is 0. The molecule has 0 aromatic heterocycles. The van der Waals surface area contributed by atoms with E-state index in [9.17, 15) is 4.79 Å². The largest absolute Gasteiger partial charge is 0.444 e. The van der Waals surface area contributed by atoms with E-state index in [2.05, 4.69) is 0 Å². The van der Waals surface area contributed by atoms with Crippen LogP contribution in [0.1, 0.15) is 40.0 Å². The fourth-order valence-electron chi connectivity index (χ4n) is 2.83. The lowest BCUT2D eigenvalue weighted by Gasteiger charge is -2.52. The lowest BCUT2D eigenvalue weighted by molar-refractivity contribution is -0.0303. The number of hydrogen-bond acceptors (Lipinski definition) is 4. The average molecular weight is 256 g/mol.